The SMILES string of the molecule is O=C(O)c1ccc2c(n1)N(C(O)Nc1ncc3cc[nH]c3n1)[C@H]1CCN2C1. The van der Waals surface area contributed by atoms with Crippen LogP contribution in [0.15, 0.2) is 30.6 Å². The molecule has 2 atom stereocenters. The van der Waals surface area contributed by atoms with E-state index < -0.39 is 12.3 Å². The number of nitrogens with one attached hydrogen (secondary N) is 2. The lowest BCUT2D eigenvalue weighted by molar-refractivity contribution is 0.0690. The van der Waals surface area contributed by atoms with Crippen molar-refractivity contribution in [1.82, 2.24) is 19.9 Å². The smallest absolute Gasteiger partial charge is 0.354 e. The molecule has 138 valence electrons. The molecule has 3 aromatic rings. The Kier molecular flexibility index (Phi) is 3.41. The van der Waals surface area contributed by atoms with E-state index in [9.17, 15) is 15.0 Å². The maximum atomic E-state index is 11.3. The van der Waals surface area contributed by atoms with Crippen LogP contribution in [0.4, 0.5) is 17.5 Å². The summed E-state index contributed by atoms with van der Waals surface area (Å²) in [7, 11) is 0. The van der Waals surface area contributed by atoms with Crippen LogP contribution in [0, 0.1) is 0 Å². The molecule has 5 heterocycles. The van der Waals surface area contributed by atoms with Crippen molar-refractivity contribution in [3.8, 4) is 0 Å². The third-order valence-electron chi connectivity index (χ3n) is 5.04. The fourth-order valence-electron chi connectivity index (χ4n) is 3.77. The zero-order valence-electron chi connectivity index (χ0n) is 14.2. The second-order valence-electron chi connectivity index (χ2n) is 6.63. The number of nitrogens with zero attached hydrogens (tertiary/aromatic N) is 5. The number of hydrogen-bond acceptors (Lipinski definition) is 8. The monoisotopic (exact) mass is 367 g/mol. The Balaban J connectivity index is 1.50. The molecule has 1 fully saturated rings. The molecule has 1 saturated heterocycles. The van der Waals surface area contributed by atoms with Crippen molar-refractivity contribution in [3.63, 3.8) is 0 Å². The van der Waals surface area contributed by atoms with E-state index in [0.717, 1.165) is 30.6 Å². The summed E-state index contributed by atoms with van der Waals surface area (Å²) in [5, 5.41) is 23.9. The van der Waals surface area contributed by atoms with Crippen molar-refractivity contribution >= 4 is 34.5 Å². The number of H-pyrrole nitrogens is 1. The summed E-state index contributed by atoms with van der Waals surface area (Å²) in [6.07, 6.45) is 3.13. The molecule has 2 aliphatic heterocycles. The molecule has 3 aromatic heterocycles. The van der Waals surface area contributed by atoms with Crippen molar-refractivity contribution in [1.29, 1.82) is 0 Å². The summed E-state index contributed by atoms with van der Waals surface area (Å²) in [5.41, 5.74) is 1.42. The number of aromatic nitrogens is 4. The second-order valence-corrected chi connectivity index (χ2v) is 6.63. The minimum absolute atomic E-state index is 0.0192. The van der Waals surface area contributed by atoms with Gasteiger partial charge in [-0.3, -0.25) is 0 Å². The van der Waals surface area contributed by atoms with Gasteiger partial charge in [-0.25, -0.2) is 14.8 Å². The number of hydrogen-bond donors (Lipinski definition) is 4. The van der Waals surface area contributed by atoms with E-state index in [-0.39, 0.29) is 17.7 Å². The first-order valence-electron chi connectivity index (χ1n) is 8.62. The lowest BCUT2D eigenvalue weighted by Crippen LogP contribution is -2.52. The van der Waals surface area contributed by atoms with E-state index in [1.165, 1.54) is 6.07 Å². The van der Waals surface area contributed by atoms with E-state index in [1.807, 2.05) is 6.07 Å². The molecular formula is C17H17N7O3. The third-order valence-corrected chi connectivity index (χ3v) is 5.04. The summed E-state index contributed by atoms with van der Waals surface area (Å²) < 4.78 is 0. The minimum Gasteiger partial charge on any atom is -0.477 e. The van der Waals surface area contributed by atoms with E-state index in [2.05, 4.69) is 30.2 Å². The molecule has 1 unspecified atom stereocenters. The van der Waals surface area contributed by atoms with Crippen LogP contribution in [-0.2, 0) is 0 Å². The highest BCUT2D eigenvalue weighted by molar-refractivity contribution is 5.87. The third kappa shape index (κ3) is 2.53. The second kappa shape index (κ2) is 5.81. The Labute approximate surface area is 153 Å². The summed E-state index contributed by atoms with van der Waals surface area (Å²) in [4.78, 5) is 31.1. The molecule has 2 bridgehead atoms. The normalized spacial score (nSPS) is 19.2. The van der Waals surface area contributed by atoms with Gasteiger partial charge < -0.3 is 30.3 Å². The molecule has 10 heteroatoms. The van der Waals surface area contributed by atoms with Gasteiger partial charge in [0.15, 0.2) is 11.5 Å². The zero-order chi connectivity index (χ0) is 18.5. The molecular weight excluding hydrogens is 350 g/mol. The van der Waals surface area contributed by atoms with Crippen molar-refractivity contribution in [2.75, 3.05) is 28.2 Å². The molecule has 0 spiro atoms. The molecule has 0 aromatic carbocycles. The predicted molar refractivity (Wildman–Crippen MR) is 97.8 cm³/mol. The van der Waals surface area contributed by atoms with Crippen LogP contribution in [0.3, 0.4) is 0 Å². The fourth-order valence-corrected chi connectivity index (χ4v) is 3.77. The highest BCUT2D eigenvalue weighted by Crippen LogP contribution is 2.39. The number of aliphatic hydroxyl groups excluding tert-OH is 1. The van der Waals surface area contributed by atoms with Crippen LogP contribution in [-0.4, -0.2) is 61.6 Å². The van der Waals surface area contributed by atoms with E-state index >= 15 is 0 Å². The molecule has 27 heavy (non-hydrogen) atoms. The van der Waals surface area contributed by atoms with Crippen molar-refractivity contribution in [3.05, 3.63) is 36.3 Å². The average molecular weight is 367 g/mol. The van der Waals surface area contributed by atoms with Crippen molar-refractivity contribution in [2.45, 2.75) is 18.8 Å². The number of pyridine rings is 1. The van der Waals surface area contributed by atoms with Crippen LogP contribution in [0.1, 0.15) is 16.9 Å². The maximum Gasteiger partial charge on any atom is 0.354 e. The van der Waals surface area contributed by atoms with Gasteiger partial charge >= 0.3 is 5.97 Å². The van der Waals surface area contributed by atoms with E-state index in [0.29, 0.717) is 11.5 Å². The molecule has 0 radical (unpaired) electrons. The van der Waals surface area contributed by atoms with Gasteiger partial charge in [0.2, 0.25) is 12.3 Å². The highest BCUT2D eigenvalue weighted by Gasteiger charge is 2.40. The highest BCUT2D eigenvalue weighted by atomic mass is 16.4. The van der Waals surface area contributed by atoms with Crippen LogP contribution in [0.5, 0.6) is 0 Å². The van der Waals surface area contributed by atoms with Gasteiger partial charge in [0.05, 0.1) is 11.7 Å². The lowest BCUT2D eigenvalue weighted by Gasteiger charge is -2.39. The summed E-state index contributed by atoms with van der Waals surface area (Å²) >= 11 is 0. The molecule has 10 nitrogen and oxygen atoms in total. The maximum absolute atomic E-state index is 11.3. The first kappa shape index (κ1) is 15.8. The number of aromatic carboxylic acids is 1. The van der Waals surface area contributed by atoms with Crippen molar-refractivity contribution < 1.29 is 15.0 Å². The quantitative estimate of drug-likeness (QED) is 0.495. The Morgan fingerprint density at radius 3 is 3.07 bits per heavy atom. The summed E-state index contributed by atoms with van der Waals surface area (Å²) in [6.45, 7) is 1.58. The Morgan fingerprint density at radius 2 is 2.22 bits per heavy atom. The van der Waals surface area contributed by atoms with Gasteiger partial charge in [0.1, 0.15) is 5.65 Å². The van der Waals surface area contributed by atoms with Crippen LogP contribution in [0.25, 0.3) is 11.0 Å². The number of rotatable bonds is 4. The van der Waals surface area contributed by atoms with Gasteiger partial charge in [0, 0.05) is 30.9 Å². The number of fused-ring (bicyclic) bond motifs is 5. The Hall–Kier alpha value is -3.40. The number of anilines is 3. The molecule has 4 N–H and O–H groups in total. The van der Waals surface area contributed by atoms with Crippen LogP contribution >= 0.6 is 0 Å². The number of carboxylic acid groups (broad SMARTS) is 1. The Bertz CT molecular complexity index is 1040. The minimum atomic E-state index is -1.14. The topological polar surface area (TPSA) is 130 Å². The first-order chi connectivity index (χ1) is 13.1. The molecule has 5 rings (SSSR count). The fraction of sp³-hybridized carbons (Fsp3) is 0.294. The number of aliphatic hydroxyl groups is 1. The number of aromatic amines is 1. The van der Waals surface area contributed by atoms with Crippen LogP contribution < -0.4 is 15.1 Å². The van der Waals surface area contributed by atoms with Gasteiger partial charge in [0.25, 0.3) is 0 Å². The summed E-state index contributed by atoms with van der Waals surface area (Å²) in [5.74, 6) is -0.382. The van der Waals surface area contributed by atoms with Gasteiger partial charge in [-0.05, 0) is 24.6 Å². The lowest BCUT2D eigenvalue weighted by atomic mass is 10.1. The molecule has 2 aliphatic rings. The van der Waals surface area contributed by atoms with Gasteiger partial charge in [-0.2, -0.15) is 4.98 Å². The van der Waals surface area contributed by atoms with Crippen molar-refractivity contribution in [2.24, 2.45) is 0 Å². The molecule has 0 saturated carbocycles. The number of carboxylic acids is 1. The van der Waals surface area contributed by atoms with E-state index in [4.69, 9.17) is 0 Å². The predicted octanol–water partition coefficient (Wildman–Crippen LogP) is 0.838. The zero-order valence-corrected chi connectivity index (χ0v) is 14.2. The van der Waals surface area contributed by atoms with Gasteiger partial charge in [-0.15, -0.1) is 0 Å². The number of carbonyl (C=O) groups is 1. The van der Waals surface area contributed by atoms with Gasteiger partial charge in [-0.1, -0.05) is 0 Å². The Morgan fingerprint density at radius 1 is 1.33 bits per heavy atom. The molecule has 0 aliphatic carbocycles. The standard InChI is InChI=1S/C17H17N7O3/c25-15(26)11-1-2-12-14(20-11)24(10-4-6-23(12)8-10)17(27)22-16-19-7-9-3-5-18-13(9)21-16/h1-3,5,7,10,17,27H,4,6,8H2,(H,25,26)(H2,18,19,21,22)/t10-,17?/m0/s1. The average Bonchev–Trinajstić information content (AvgIpc) is 3.29. The first-order valence-corrected chi connectivity index (χ1v) is 8.62. The largest absolute Gasteiger partial charge is 0.477 e. The van der Waals surface area contributed by atoms with Crippen LogP contribution in [0.2, 0.25) is 0 Å². The summed E-state index contributed by atoms with van der Waals surface area (Å²) in [6, 6.07) is 5.11. The molecule has 0 amide bonds. The van der Waals surface area contributed by atoms with E-state index in [1.54, 1.807) is 23.4 Å².